The summed E-state index contributed by atoms with van der Waals surface area (Å²) in [5, 5.41) is 0. The van der Waals surface area contributed by atoms with Crippen molar-refractivity contribution in [2.45, 2.75) is 25.5 Å². The molecule has 0 saturated carbocycles. The largest absolute Gasteiger partial charge is 0.338 e. The van der Waals surface area contributed by atoms with Crippen molar-refractivity contribution in [3.63, 3.8) is 0 Å². The molecule has 0 radical (unpaired) electrons. The zero-order chi connectivity index (χ0) is 18.1. The summed E-state index contributed by atoms with van der Waals surface area (Å²) in [6, 6.07) is 15.7. The number of carbonyl (C=O) groups is 1. The van der Waals surface area contributed by atoms with Crippen LogP contribution in [0.1, 0.15) is 34.3 Å². The highest BCUT2D eigenvalue weighted by Gasteiger charge is 2.41. The van der Waals surface area contributed by atoms with Gasteiger partial charge in [0.05, 0.1) is 0 Å². The lowest BCUT2D eigenvalue weighted by atomic mass is 9.99. The lowest BCUT2D eigenvalue weighted by Gasteiger charge is -2.35. The summed E-state index contributed by atoms with van der Waals surface area (Å²) in [4.78, 5) is 25.3. The van der Waals surface area contributed by atoms with E-state index in [-0.39, 0.29) is 5.91 Å². The molecule has 2 heterocycles. The van der Waals surface area contributed by atoms with Crippen LogP contribution >= 0.6 is 15.9 Å². The Morgan fingerprint density at radius 1 is 1.15 bits per heavy atom. The van der Waals surface area contributed by atoms with Gasteiger partial charge in [0.25, 0.3) is 5.91 Å². The van der Waals surface area contributed by atoms with Gasteiger partial charge in [-0.3, -0.25) is 4.79 Å². The number of amides is 1. The molecule has 1 fully saturated rings. The lowest BCUT2D eigenvalue weighted by Crippen LogP contribution is -2.46. The average molecular weight is 414 g/mol. The Morgan fingerprint density at radius 2 is 1.85 bits per heavy atom. The van der Waals surface area contributed by atoms with Crippen LogP contribution in [0.25, 0.3) is 0 Å². The van der Waals surface area contributed by atoms with Gasteiger partial charge in [-0.05, 0) is 30.7 Å². The molecule has 2 aliphatic rings. The molecule has 2 aliphatic heterocycles. The summed E-state index contributed by atoms with van der Waals surface area (Å²) >= 11 is 3.44. The number of benzene rings is 2. The minimum atomic E-state index is -0.578. The number of carbonyl (C=O) groups excluding carboxylic acids is 1. The SMILES string of the molecule is Cc1ccccc1C(=O)N1CCC2(CC1)N=C(c1ccc(Br)cc1)NO2. The molecular weight excluding hydrogens is 394 g/mol. The molecule has 0 atom stereocenters. The standard InChI is InChI=1S/C20H20BrN3O2/c1-14-4-2-3-5-17(14)19(25)24-12-10-20(11-13-24)22-18(23-26-20)15-6-8-16(21)9-7-15/h2-9H,10-13H2,1H3,(H,22,23). The number of piperidine rings is 1. The van der Waals surface area contributed by atoms with Gasteiger partial charge in [0.15, 0.2) is 11.6 Å². The van der Waals surface area contributed by atoms with Crippen LogP contribution < -0.4 is 5.48 Å². The van der Waals surface area contributed by atoms with E-state index in [1.54, 1.807) is 0 Å². The van der Waals surface area contributed by atoms with Crippen molar-refractivity contribution >= 4 is 27.7 Å². The van der Waals surface area contributed by atoms with Gasteiger partial charge in [-0.15, -0.1) is 0 Å². The summed E-state index contributed by atoms with van der Waals surface area (Å²) in [6.07, 6.45) is 1.36. The van der Waals surface area contributed by atoms with Gasteiger partial charge in [-0.2, -0.15) is 0 Å². The Hall–Kier alpha value is -2.18. The fraction of sp³-hybridized carbons (Fsp3) is 0.300. The third-order valence-corrected chi connectivity index (χ3v) is 5.51. The Labute approximate surface area is 161 Å². The second-order valence-corrected chi connectivity index (χ2v) is 7.64. The highest BCUT2D eigenvalue weighted by Crippen LogP contribution is 2.32. The summed E-state index contributed by atoms with van der Waals surface area (Å²) in [5.74, 6) is 0.831. The van der Waals surface area contributed by atoms with Crippen molar-refractivity contribution in [3.8, 4) is 0 Å². The Kier molecular flexibility index (Phi) is 4.54. The molecule has 2 aromatic carbocycles. The first-order valence-corrected chi connectivity index (χ1v) is 9.50. The van der Waals surface area contributed by atoms with Crippen LogP contribution in [0.3, 0.4) is 0 Å². The number of halogens is 1. The second-order valence-electron chi connectivity index (χ2n) is 6.72. The molecule has 134 valence electrons. The average Bonchev–Trinajstić information content (AvgIpc) is 3.06. The summed E-state index contributed by atoms with van der Waals surface area (Å²) in [7, 11) is 0. The zero-order valence-electron chi connectivity index (χ0n) is 14.5. The minimum absolute atomic E-state index is 0.0843. The van der Waals surface area contributed by atoms with Crippen molar-refractivity contribution in [1.82, 2.24) is 10.4 Å². The van der Waals surface area contributed by atoms with Gasteiger partial charge < -0.3 is 4.90 Å². The Bertz CT molecular complexity index is 856. The van der Waals surface area contributed by atoms with Crippen molar-refractivity contribution in [2.24, 2.45) is 4.99 Å². The molecule has 5 nitrogen and oxygen atoms in total. The van der Waals surface area contributed by atoms with Crippen LogP contribution in [0.5, 0.6) is 0 Å². The molecule has 0 bridgehead atoms. The second kappa shape index (κ2) is 6.85. The van der Waals surface area contributed by atoms with Crippen LogP contribution in [0.4, 0.5) is 0 Å². The van der Waals surface area contributed by atoms with Crippen LogP contribution in [-0.4, -0.2) is 35.5 Å². The number of amidine groups is 1. The third-order valence-electron chi connectivity index (χ3n) is 4.98. The molecule has 4 rings (SSSR count). The predicted molar refractivity (Wildman–Crippen MR) is 104 cm³/mol. The third kappa shape index (κ3) is 3.27. The van der Waals surface area contributed by atoms with E-state index >= 15 is 0 Å². The van der Waals surface area contributed by atoms with Gasteiger partial charge >= 0.3 is 0 Å². The first-order valence-electron chi connectivity index (χ1n) is 8.71. The number of aryl methyl sites for hydroxylation is 1. The number of hydrogen-bond acceptors (Lipinski definition) is 4. The van der Waals surface area contributed by atoms with Gasteiger partial charge in [0, 0.05) is 41.5 Å². The molecule has 2 aromatic rings. The molecule has 26 heavy (non-hydrogen) atoms. The number of nitrogens with zero attached hydrogens (tertiary/aromatic N) is 2. The van der Waals surface area contributed by atoms with E-state index in [0.29, 0.717) is 25.9 Å². The van der Waals surface area contributed by atoms with E-state index in [0.717, 1.165) is 27.0 Å². The number of likely N-dealkylation sites (tertiary alicyclic amines) is 1. The molecule has 0 aliphatic carbocycles. The van der Waals surface area contributed by atoms with E-state index in [4.69, 9.17) is 9.83 Å². The van der Waals surface area contributed by atoms with Crippen LogP contribution in [0, 0.1) is 6.92 Å². The lowest BCUT2D eigenvalue weighted by molar-refractivity contribution is -0.0849. The number of aliphatic imine (C=N–C) groups is 1. The number of rotatable bonds is 2. The highest BCUT2D eigenvalue weighted by molar-refractivity contribution is 9.10. The first kappa shape index (κ1) is 17.2. The Balaban J connectivity index is 1.46. The molecular formula is C20H20BrN3O2. The molecule has 1 spiro atoms. The van der Waals surface area contributed by atoms with Crippen LogP contribution in [-0.2, 0) is 4.84 Å². The number of hydroxylamine groups is 1. The minimum Gasteiger partial charge on any atom is -0.338 e. The summed E-state index contributed by atoms with van der Waals surface area (Å²) < 4.78 is 1.03. The van der Waals surface area contributed by atoms with Crippen LogP contribution in [0.15, 0.2) is 58.0 Å². The molecule has 1 N–H and O–H groups in total. The highest BCUT2D eigenvalue weighted by atomic mass is 79.9. The maximum atomic E-state index is 12.8. The number of nitrogens with one attached hydrogen (secondary N) is 1. The van der Waals surface area contributed by atoms with Gasteiger partial charge in [-0.25, -0.2) is 15.3 Å². The molecule has 1 amide bonds. The molecule has 0 aromatic heterocycles. The first-order chi connectivity index (χ1) is 12.6. The molecule has 6 heteroatoms. The van der Waals surface area contributed by atoms with E-state index < -0.39 is 5.72 Å². The maximum absolute atomic E-state index is 12.8. The maximum Gasteiger partial charge on any atom is 0.254 e. The van der Waals surface area contributed by atoms with Crippen molar-refractivity contribution in [2.75, 3.05) is 13.1 Å². The predicted octanol–water partition coefficient (Wildman–Crippen LogP) is 3.67. The van der Waals surface area contributed by atoms with Gasteiger partial charge in [0.2, 0.25) is 0 Å². The van der Waals surface area contributed by atoms with E-state index in [1.165, 1.54) is 0 Å². The quantitative estimate of drug-likeness (QED) is 0.816. The fourth-order valence-corrected chi connectivity index (χ4v) is 3.64. The molecule has 0 unspecified atom stereocenters. The monoisotopic (exact) mass is 413 g/mol. The zero-order valence-corrected chi connectivity index (χ0v) is 16.1. The fourth-order valence-electron chi connectivity index (χ4n) is 3.38. The number of hydrogen-bond donors (Lipinski definition) is 1. The van der Waals surface area contributed by atoms with Crippen molar-refractivity contribution in [1.29, 1.82) is 0 Å². The van der Waals surface area contributed by atoms with E-state index in [2.05, 4.69) is 21.4 Å². The van der Waals surface area contributed by atoms with Gasteiger partial charge in [0.1, 0.15) is 0 Å². The Morgan fingerprint density at radius 3 is 2.54 bits per heavy atom. The molecule has 1 saturated heterocycles. The summed E-state index contributed by atoms with van der Waals surface area (Å²) in [6.45, 7) is 3.23. The smallest absolute Gasteiger partial charge is 0.254 e. The topological polar surface area (TPSA) is 53.9 Å². The van der Waals surface area contributed by atoms with Crippen molar-refractivity contribution < 1.29 is 9.63 Å². The van der Waals surface area contributed by atoms with Gasteiger partial charge in [-0.1, -0.05) is 46.3 Å². The normalized spacial score (nSPS) is 18.5. The van der Waals surface area contributed by atoms with Crippen LogP contribution in [0.2, 0.25) is 0 Å². The summed E-state index contributed by atoms with van der Waals surface area (Å²) in [5.41, 5.74) is 5.16. The van der Waals surface area contributed by atoms with E-state index in [9.17, 15) is 4.79 Å². The van der Waals surface area contributed by atoms with E-state index in [1.807, 2.05) is 60.4 Å². The van der Waals surface area contributed by atoms with Crippen molar-refractivity contribution in [3.05, 3.63) is 69.7 Å².